The van der Waals surface area contributed by atoms with Crippen molar-refractivity contribution >= 4 is 33.6 Å². The number of aromatic nitrogens is 1. The van der Waals surface area contributed by atoms with Gasteiger partial charge in [0.1, 0.15) is 0 Å². The topological polar surface area (TPSA) is 25.2 Å². The molecule has 0 fully saturated rings. The van der Waals surface area contributed by atoms with Crippen molar-refractivity contribution in [3.8, 4) is 11.1 Å². The van der Waals surface area contributed by atoms with Crippen LogP contribution in [0.3, 0.4) is 0 Å². The summed E-state index contributed by atoms with van der Waals surface area (Å²) in [5.74, 6) is 0. The molecule has 0 aliphatic carbocycles. The van der Waals surface area contributed by atoms with Crippen LogP contribution >= 0.6 is 0 Å². The summed E-state index contributed by atoms with van der Waals surface area (Å²) in [6, 6.07) is 43.5. The summed E-state index contributed by atoms with van der Waals surface area (Å²) in [5, 5.41) is 3.63. The van der Waals surface area contributed by atoms with Crippen LogP contribution in [0.25, 0.3) is 32.8 Å². The number of benzene rings is 5. The minimum Gasteiger partial charge on any atom is -0.259 e. The van der Waals surface area contributed by atoms with E-state index in [1.807, 2.05) is 6.20 Å². The Hall–Kier alpha value is -4.56. The van der Waals surface area contributed by atoms with Gasteiger partial charge < -0.3 is 0 Å². The third kappa shape index (κ3) is 3.11. The maximum absolute atomic E-state index is 4.98. The molecular formula is C34H24N2. The van der Waals surface area contributed by atoms with Crippen molar-refractivity contribution in [3.05, 3.63) is 144 Å². The van der Waals surface area contributed by atoms with Crippen molar-refractivity contribution in [2.24, 2.45) is 4.99 Å². The minimum atomic E-state index is -0.346. The summed E-state index contributed by atoms with van der Waals surface area (Å²) in [7, 11) is 0. The largest absolute Gasteiger partial charge is 0.259 e. The van der Waals surface area contributed by atoms with E-state index in [4.69, 9.17) is 9.98 Å². The molecule has 2 nitrogen and oxygen atoms in total. The number of hydrogen-bond acceptors (Lipinski definition) is 2. The summed E-state index contributed by atoms with van der Waals surface area (Å²) >= 11 is 0. The van der Waals surface area contributed by atoms with Gasteiger partial charge in [-0.1, -0.05) is 109 Å². The molecule has 170 valence electrons. The van der Waals surface area contributed by atoms with Gasteiger partial charge in [0.15, 0.2) is 0 Å². The number of fused-ring (bicyclic) bond motifs is 4. The fourth-order valence-electron chi connectivity index (χ4n) is 5.82. The highest BCUT2D eigenvalue weighted by molar-refractivity contribution is 6.03. The van der Waals surface area contributed by atoms with E-state index in [0.717, 1.165) is 23.0 Å². The van der Waals surface area contributed by atoms with Crippen molar-refractivity contribution in [1.82, 2.24) is 4.98 Å². The molecular weight excluding hydrogens is 436 g/mol. The lowest BCUT2D eigenvalue weighted by atomic mass is 9.65. The van der Waals surface area contributed by atoms with E-state index in [0.29, 0.717) is 0 Å². The summed E-state index contributed by atoms with van der Waals surface area (Å²) in [6.45, 7) is 0. The molecule has 1 aromatic heterocycles. The zero-order valence-electron chi connectivity index (χ0n) is 19.8. The highest BCUT2D eigenvalue weighted by Crippen LogP contribution is 2.50. The Bertz CT molecular complexity index is 1750. The Morgan fingerprint density at radius 1 is 0.611 bits per heavy atom. The molecule has 2 heterocycles. The lowest BCUT2D eigenvalue weighted by Gasteiger charge is -2.38. The lowest BCUT2D eigenvalue weighted by Crippen LogP contribution is -2.32. The summed E-state index contributed by atoms with van der Waals surface area (Å²) in [5.41, 5.74) is 7.69. The second-order valence-electron chi connectivity index (χ2n) is 9.43. The van der Waals surface area contributed by atoms with Crippen molar-refractivity contribution < 1.29 is 0 Å². The van der Waals surface area contributed by atoms with Gasteiger partial charge in [-0.05, 0) is 50.7 Å². The maximum atomic E-state index is 4.98. The first-order valence-electron chi connectivity index (χ1n) is 12.4. The van der Waals surface area contributed by atoms with Gasteiger partial charge in [0.25, 0.3) is 0 Å². The van der Waals surface area contributed by atoms with Crippen LogP contribution in [0.5, 0.6) is 0 Å². The quantitative estimate of drug-likeness (QED) is 0.260. The molecule has 0 radical (unpaired) electrons. The van der Waals surface area contributed by atoms with Crippen LogP contribution in [0.15, 0.2) is 133 Å². The maximum Gasteiger partial charge on any atom is 0.0967 e. The molecule has 0 spiro atoms. The van der Waals surface area contributed by atoms with Gasteiger partial charge in [-0.3, -0.25) is 9.98 Å². The van der Waals surface area contributed by atoms with E-state index in [1.54, 1.807) is 0 Å². The first kappa shape index (κ1) is 20.8. The van der Waals surface area contributed by atoms with Gasteiger partial charge in [-0.15, -0.1) is 0 Å². The van der Waals surface area contributed by atoms with Crippen molar-refractivity contribution in [3.63, 3.8) is 0 Å². The van der Waals surface area contributed by atoms with Crippen molar-refractivity contribution in [2.75, 3.05) is 0 Å². The Morgan fingerprint density at radius 3 is 2.19 bits per heavy atom. The van der Waals surface area contributed by atoms with Crippen LogP contribution in [0.1, 0.15) is 23.1 Å². The lowest BCUT2D eigenvalue weighted by molar-refractivity contribution is 0.646. The van der Waals surface area contributed by atoms with Crippen LogP contribution in [0.2, 0.25) is 0 Å². The molecule has 0 N–H and O–H groups in total. The fraction of sp³-hybridized carbons (Fsp3) is 0.0588. The Labute approximate surface area is 210 Å². The van der Waals surface area contributed by atoms with Gasteiger partial charge >= 0.3 is 0 Å². The number of pyridine rings is 1. The number of nitrogens with zero attached hydrogens (tertiary/aromatic N) is 2. The van der Waals surface area contributed by atoms with Crippen LogP contribution in [0, 0.1) is 0 Å². The second kappa shape index (κ2) is 8.28. The minimum absolute atomic E-state index is 0.346. The molecule has 2 heteroatoms. The Kier molecular flexibility index (Phi) is 4.78. The SMILES string of the molecule is C1=Nc2c(ccc3c(-c4ccccc4)ccnc23)C(c2ccccc2)(c2ccc3ccccc3c2)C1. The van der Waals surface area contributed by atoms with Gasteiger partial charge in [-0.25, -0.2) is 0 Å². The fourth-order valence-corrected chi connectivity index (χ4v) is 5.82. The van der Waals surface area contributed by atoms with E-state index in [9.17, 15) is 0 Å². The number of aliphatic imine (C=N–C) groups is 1. The molecule has 0 saturated heterocycles. The predicted octanol–water partition coefficient (Wildman–Crippen LogP) is 8.50. The monoisotopic (exact) mass is 460 g/mol. The first-order valence-corrected chi connectivity index (χ1v) is 12.4. The zero-order chi connectivity index (χ0) is 24.0. The number of hydrogen-bond donors (Lipinski definition) is 0. The average molecular weight is 461 g/mol. The Balaban J connectivity index is 1.53. The van der Waals surface area contributed by atoms with E-state index in [2.05, 4.69) is 128 Å². The smallest absolute Gasteiger partial charge is 0.0967 e. The molecule has 1 aliphatic heterocycles. The van der Waals surface area contributed by atoms with Crippen LogP contribution in [0.4, 0.5) is 5.69 Å². The highest BCUT2D eigenvalue weighted by atomic mass is 14.8. The van der Waals surface area contributed by atoms with Crippen LogP contribution in [-0.4, -0.2) is 11.2 Å². The van der Waals surface area contributed by atoms with E-state index in [-0.39, 0.29) is 5.41 Å². The molecule has 6 aromatic rings. The normalized spacial score (nSPS) is 16.8. The summed E-state index contributed by atoms with van der Waals surface area (Å²) in [6.07, 6.45) is 4.79. The second-order valence-corrected chi connectivity index (χ2v) is 9.43. The molecule has 1 unspecified atom stereocenters. The van der Waals surface area contributed by atoms with Gasteiger partial charge in [0, 0.05) is 24.2 Å². The summed E-state index contributed by atoms with van der Waals surface area (Å²) < 4.78 is 0. The van der Waals surface area contributed by atoms with Crippen LogP contribution < -0.4 is 0 Å². The zero-order valence-corrected chi connectivity index (χ0v) is 19.8. The first-order chi connectivity index (χ1) is 17.8. The van der Waals surface area contributed by atoms with Crippen molar-refractivity contribution in [1.29, 1.82) is 0 Å². The molecule has 36 heavy (non-hydrogen) atoms. The predicted molar refractivity (Wildman–Crippen MR) is 150 cm³/mol. The van der Waals surface area contributed by atoms with Gasteiger partial charge in [0.05, 0.1) is 16.6 Å². The highest BCUT2D eigenvalue weighted by Gasteiger charge is 2.40. The third-order valence-corrected chi connectivity index (χ3v) is 7.56. The molecule has 5 aromatic carbocycles. The van der Waals surface area contributed by atoms with E-state index >= 15 is 0 Å². The molecule has 7 rings (SSSR count). The number of rotatable bonds is 3. The third-order valence-electron chi connectivity index (χ3n) is 7.56. The van der Waals surface area contributed by atoms with E-state index in [1.165, 1.54) is 38.6 Å². The molecule has 1 atom stereocenters. The summed E-state index contributed by atoms with van der Waals surface area (Å²) in [4.78, 5) is 9.85. The molecule has 0 saturated carbocycles. The molecule has 0 amide bonds. The molecule has 1 aliphatic rings. The Morgan fingerprint density at radius 2 is 1.36 bits per heavy atom. The molecule has 0 bridgehead atoms. The van der Waals surface area contributed by atoms with E-state index < -0.39 is 0 Å². The standard InChI is InChI=1S/C34H24N2/c1-3-10-25(11-4-1)29-19-21-35-32-30(29)17-18-31-33(32)36-22-20-34(31,27-13-5-2-6-14-27)28-16-15-24-9-7-8-12-26(24)23-28/h1-19,21-23H,20H2. The van der Waals surface area contributed by atoms with Crippen molar-refractivity contribution in [2.45, 2.75) is 11.8 Å². The van der Waals surface area contributed by atoms with Gasteiger partial charge in [-0.2, -0.15) is 0 Å². The average Bonchev–Trinajstić information content (AvgIpc) is 2.97. The van der Waals surface area contributed by atoms with Crippen LogP contribution in [-0.2, 0) is 5.41 Å². The van der Waals surface area contributed by atoms with Gasteiger partial charge in [0.2, 0.25) is 0 Å².